The highest BCUT2D eigenvalue weighted by atomic mass is 16.3. The van der Waals surface area contributed by atoms with E-state index >= 15 is 0 Å². The maximum atomic E-state index is 7.16. The van der Waals surface area contributed by atoms with Gasteiger partial charge < -0.3 is 13.6 Å². The van der Waals surface area contributed by atoms with Crippen LogP contribution in [-0.2, 0) is 0 Å². The third-order valence-corrected chi connectivity index (χ3v) is 15.3. The Morgan fingerprint density at radius 3 is 1.41 bits per heavy atom. The van der Waals surface area contributed by atoms with Gasteiger partial charge in [-0.15, -0.1) is 0 Å². The fourth-order valence-corrected chi connectivity index (χ4v) is 12.0. The van der Waals surface area contributed by atoms with Gasteiger partial charge >= 0.3 is 0 Å². The Bertz CT molecular complexity index is 4920. The van der Waals surface area contributed by atoms with Crippen molar-refractivity contribution in [2.45, 2.75) is 0 Å². The van der Waals surface area contributed by atoms with Crippen LogP contribution in [0.5, 0.6) is 0 Å². The molecule has 6 heteroatoms. The summed E-state index contributed by atoms with van der Waals surface area (Å²) in [6.45, 7) is 0. The van der Waals surface area contributed by atoms with Crippen LogP contribution < -0.4 is 0 Å². The maximum absolute atomic E-state index is 7.16. The molecule has 4 aromatic heterocycles. The zero-order valence-electron chi connectivity index (χ0n) is 40.3. The van der Waals surface area contributed by atoms with Crippen LogP contribution >= 0.6 is 0 Å². The summed E-state index contributed by atoms with van der Waals surface area (Å²) >= 11 is 0. The van der Waals surface area contributed by atoms with Crippen molar-refractivity contribution in [2.75, 3.05) is 0 Å². The smallest absolute Gasteiger partial charge is 0.164 e. The van der Waals surface area contributed by atoms with E-state index in [4.69, 9.17) is 19.4 Å². The van der Waals surface area contributed by atoms with E-state index in [1.807, 2.05) is 60.7 Å². The standard InChI is InChI=1S/C69H41N5O/c1-4-17-42(18-5-1)67-70-68(43-19-6-2-7-20-43)72-69(71-67)45-31-34-51-52-35-33-47(41-59(52)50-24-11-10-23-49(50)58(51)40-45)73-61-29-14-13-26-54(61)60-39-44(32-38-63(60)73)48-27-16-28-56-57-37-36-55-53-25-12-15-30-62(53)74(46-21-8-3-9-22-46)64(55)66(57)75-65(48)56/h1-41H. The molecule has 0 atom stereocenters. The van der Waals surface area contributed by atoms with Crippen LogP contribution in [0.4, 0.5) is 0 Å². The second kappa shape index (κ2) is 16.2. The van der Waals surface area contributed by atoms with Gasteiger partial charge in [-0.05, 0) is 98.5 Å². The Hall–Kier alpha value is -10.2. The van der Waals surface area contributed by atoms with Crippen LogP contribution in [0.15, 0.2) is 253 Å². The second-order valence-corrected chi connectivity index (χ2v) is 19.5. The van der Waals surface area contributed by atoms with Crippen molar-refractivity contribution in [1.82, 2.24) is 24.1 Å². The van der Waals surface area contributed by atoms with E-state index in [2.05, 4.69) is 197 Å². The first-order chi connectivity index (χ1) is 37.2. The van der Waals surface area contributed by atoms with E-state index < -0.39 is 0 Å². The molecule has 0 aliphatic rings. The number of furan rings is 1. The Kier molecular flexibility index (Phi) is 8.94. The van der Waals surface area contributed by atoms with Gasteiger partial charge in [0.1, 0.15) is 5.58 Å². The number of rotatable bonds is 6. The molecule has 16 aromatic rings. The zero-order valence-corrected chi connectivity index (χ0v) is 40.3. The van der Waals surface area contributed by atoms with Gasteiger partial charge in [-0.25, -0.2) is 15.0 Å². The molecule has 0 bridgehead atoms. The van der Waals surface area contributed by atoms with Gasteiger partial charge in [0.05, 0.1) is 22.1 Å². The maximum Gasteiger partial charge on any atom is 0.164 e. The molecule has 75 heavy (non-hydrogen) atoms. The lowest BCUT2D eigenvalue weighted by atomic mass is 9.93. The Balaban J connectivity index is 0.845. The summed E-state index contributed by atoms with van der Waals surface area (Å²) in [6.07, 6.45) is 0. The van der Waals surface area contributed by atoms with Crippen molar-refractivity contribution < 1.29 is 4.42 Å². The minimum atomic E-state index is 0.637. The van der Waals surface area contributed by atoms with E-state index in [1.54, 1.807) is 0 Å². The first kappa shape index (κ1) is 41.4. The summed E-state index contributed by atoms with van der Waals surface area (Å²) in [5.41, 5.74) is 13.5. The SMILES string of the molecule is c1ccc(-c2nc(-c3ccccc3)nc(-c3ccc4c5ccc(-n6c7ccccc7c7cc(-c8cccc9c8oc8c9ccc9c%10ccccc%10n(-c%10ccccc%10)c98)ccc76)cc5c5ccccc5c4c3)n2)cc1. The molecular weight excluding hydrogens is 915 g/mol. The third kappa shape index (κ3) is 6.30. The van der Waals surface area contributed by atoms with Crippen molar-refractivity contribution in [3.63, 3.8) is 0 Å². The van der Waals surface area contributed by atoms with Crippen LogP contribution in [0.2, 0.25) is 0 Å². The summed E-state index contributed by atoms with van der Waals surface area (Å²) in [6, 6.07) is 88.6. The molecule has 0 aliphatic heterocycles. The minimum Gasteiger partial charge on any atom is -0.453 e. The van der Waals surface area contributed by atoms with Crippen LogP contribution in [0, 0.1) is 0 Å². The lowest BCUT2D eigenvalue weighted by molar-refractivity contribution is 0.672. The number of nitrogens with zero attached hydrogens (tertiary/aromatic N) is 5. The highest BCUT2D eigenvalue weighted by Crippen LogP contribution is 2.45. The number of para-hydroxylation sites is 4. The van der Waals surface area contributed by atoms with Gasteiger partial charge in [0.15, 0.2) is 23.1 Å². The molecule has 0 aliphatic carbocycles. The fraction of sp³-hybridized carbons (Fsp3) is 0. The van der Waals surface area contributed by atoms with Crippen molar-refractivity contribution in [1.29, 1.82) is 0 Å². The Morgan fingerprint density at radius 2 is 0.720 bits per heavy atom. The van der Waals surface area contributed by atoms with Gasteiger partial charge in [-0.2, -0.15) is 0 Å². The molecule has 12 aromatic carbocycles. The monoisotopic (exact) mass is 955 g/mol. The highest BCUT2D eigenvalue weighted by Gasteiger charge is 2.22. The quantitative estimate of drug-likeness (QED) is 0.156. The van der Waals surface area contributed by atoms with Gasteiger partial charge in [0.2, 0.25) is 0 Å². The van der Waals surface area contributed by atoms with Crippen LogP contribution in [0.3, 0.4) is 0 Å². The molecule has 6 nitrogen and oxygen atoms in total. The Morgan fingerprint density at radius 1 is 0.253 bits per heavy atom. The summed E-state index contributed by atoms with van der Waals surface area (Å²) < 4.78 is 11.9. The number of fused-ring (bicyclic) bond motifs is 16. The molecule has 0 N–H and O–H groups in total. The number of hydrogen-bond donors (Lipinski definition) is 0. The molecule has 0 amide bonds. The minimum absolute atomic E-state index is 0.637. The van der Waals surface area contributed by atoms with Crippen LogP contribution in [-0.4, -0.2) is 24.1 Å². The van der Waals surface area contributed by atoms with Crippen LogP contribution in [0.25, 0.3) is 155 Å². The predicted molar refractivity (Wildman–Crippen MR) is 310 cm³/mol. The number of benzene rings is 12. The average molecular weight is 956 g/mol. The number of aromatic nitrogens is 5. The third-order valence-electron chi connectivity index (χ3n) is 15.3. The molecule has 4 heterocycles. The average Bonchev–Trinajstić information content (AvgIpc) is 4.21. The van der Waals surface area contributed by atoms with E-state index in [1.165, 1.54) is 48.5 Å². The van der Waals surface area contributed by atoms with Crippen molar-refractivity contribution >= 4 is 97.9 Å². The summed E-state index contributed by atoms with van der Waals surface area (Å²) in [4.78, 5) is 15.1. The lowest BCUT2D eigenvalue weighted by Crippen LogP contribution is -2.00. The van der Waals surface area contributed by atoms with Gasteiger partial charge in [-0.1, -0.05) is 188 Å². The first-order valence-corrected chi connectivity index (χ1v) is 25.4. The van der Waals surface area contributed by atoms with E-state index in [0.29, 0.717) is 17.5 Å². The van der Waals surface area contributed by atoms with Gasteiger partial charge in [-0.3, -0.25) is 0 Å². The number of hydrogen-bond acceptors (Lipinski definition) is 4. The van der Waals surface area contributed by atoms with E-state index in [0.717, 1.165) is 88.6 Å². The molecule has 348 valence electrons. The zero-order chi connectivity index (χ0) is 49.1. The summed E-state index contributed by atoms with van der Waals surface area (Å²) in [5.74, 6) is 1.93. The largest absolute Gasteiger partial charge is 0.453 e. The second-order valence-electron chi connectivity index (χ2n) is 19.5. The molecule has 0 fully saturated rings. The summed E-state index contributed by atoms with van der Waals surface area (Å²) in [7, 11) is 0. The first-order valence-electron chi connectivity index (χ1n) is 25.4. The Labute approximate surface area is 429 Å². The van der Waals surface area contributed by atoms with E-state index in [9.17, 15) is 0 Å². The molecule has 0 saturated carbocycles. The van der Waals surface area contributed by atoms with Crippen LogP contribution in [0.1, 0.15) is 0 Å². The molecule has 0 saturated heterocycles. The molecular formula is C69H41N5O. The molecule has 0 spiro atoms. The fourth-order valence-electron chi connectivity index (χ4n) is 12.0. The van der Waals surface area contributed by atoms with Crippen molar-refractivity contribution in [2.24, 2.45) is 0 Å². The topological polar surface area (TPSA) is 61.7 Å². The predicted octanol–water partition coefficient (Wildman–Crippen LogP) is 18.1. The normalized spacial score (nSPS) is 12.0. The molecule has 16 rings (SSSR count). The van der Waals surface area contributed by atoms with Gasteiger partial charge in [0, 0.05) is 65.9 Å². The van der Waals surface area contributed by atoms with Gasteiger partial charge in [0.25, 0.3) is 0 Å². The molecule has 0 radical (unpaired) electrons. The van der Waals surface area contributed by atoms with E-state index in [-0.39, 0.29) is 0 Å². The van der Waals surface area contributed by atoms with Crippen molar-refractivity contribution in [3.05, 3.63) is 249 Å². The molecule has 0 unspecified atom stereocenters. The highest BCUT2D eigenvalue weighted by molar-refractivity contribution is 6.27. The summed E-state index contributed by atoms with van der Waals surface area (Å²) in [5, 5.41) is 14.0. The lowest BCUT2D eigenvalue weighted by Gasteiger charge is -2.15. The van der Waals surface area contributed by atoms with Crippen molar-refractivity contribution in [3.8, 4) is 56.7 Å².